The van der Waals surface area contributed by atoms with Gasteiger partial charge in [0.25, 0.3) is 0 Å². The third kappa shape index (κ3) is 4.31. The standard InChI is InChI=1S/C28H31N3O/c1-18-15-19(2)26(20(3)16-18)30-25(32)17-31-24-10-8-7-9-23(24)29-27(31)21-11-13-22(14-12-21)28(4,5)6/h7-16H,17H2,1-6H3,(H,30,32). The van der Waals surface area contributed by atoms with Crippen LogP contribution in [0.3, 0.4) is 0 Å². The Morgan fingerprint density at radius 2 is 1.56 bits per heavy atom. The molecule has 32 heavy (non-hydrogen) atoms. The van der Waals surface area contributed by atoms with Crippen LogP contribution in [-0.4, -0.2) is 15.5 Å². The van der Waals surface area contributed by atoms with Crippen LogP contribution in [0.25, 0.3) is 22.4 Å². The van der Waals surface area contributed by atoms with Crippen molar-refractivity contribution in [3.8, 4) is 11.4 Å². The van der Waals surface area contributed by atoms with Crippen molar-refractivity contribution in [3.63, 3.8) is 0 Å². The van der Waals surface area contributed by atoms with Crippen molar-refractivity contribution in [2.75, 3.05) is 5.32 Å². The number of carbonyl (C=O) groups excluding carboxylic acids is 1. The van der Waals surface area contributed by atoms with Crippen molar-refractivity contribution in [1.82, 2.24) is 9.55 Å². The SMILES string of the molecule is Cc1cc(C)c(NC(=O)Cn2c(-c3ccc(C(C)(C)C)cc3)nc3ccccc32)c(C)c1. The van der Waals surface area contributed by atoms with Gasteiger partial charge in [-0.3, -0.25) is 4.79 Å². The molecule has 4 aromatic rings. The van der Waals surface area contributed by atoms with Gasteiger partial charge in [0.1, 0.15) is 12.4 Å². The van der Waals surface area contributed by atoms with Crippen LogP contribution in [0.15, 0.2) is 60.7 Å². The first-order chi connectivity index (χ1) is 15.1. The number of anilines is 1. The summed E-state index contributed by atoms with van der Waals surface area (Å²) in [6.45, 7) is 12.9. The fourth-order valence-electron chi connectivity index (χ4n) is 4.27. The Bertz CT molecular complexity index is 1270. The maximum atomic E-state index is 13.1. The highest BCUT2D eigenvalue weighted by atomic mass is 16.1. The van der Waals surface area contributed by atoms with Crippen molar-refractivity contribution in [2.24, 2.45) is 0 Å². The summed E-state index contributed by atoms with van der Waals surface area (Å²) in [4.78, 5) is 18.0. The predicted octanol–water partition coefficient (Wildman–Crippen LogP) is 6.56. The van der Waals surface area contributed by atoms with Crippen LogP contribution in [0.5, 0.6) is 0 Å². The molecule has 0 aliphatic carbocycles. The summed E-state index contributed by atoms with van der Waals surface area (Å²) in [5.74, 6) is 0.745. The average Bonchev–Trinajstić information content (AvgIpc) is 3.08. The van der Waals surface area contributed by atoms with E-state index >= 15 is 0 Å². The first-order valence-electron chi connectivity index (χ1n) is 11.1. The molecular formula is C28H31N3O. The van der Waals surface area contributed by atoms with Crippen LogP contribution in [0, 0.1) is 20.8 Å². The number of aromatic nitrogens is 2. The number of hydrogen-bond donors (Lipinski definition) is 1. The van der Waals surface area contributed by atoms with Gasteiger partial charge in [-0.15, -0.1) is 0 Å². The maximum absolute atomic E-state index is 13.1. The van der Waals surface area contributed by atoms with Crippen LogP contribution in [-0.2, 0) is 16.8 Å². The van der Waals surface area contributed by atoms with E-state index in [1.54, 1.807) is 0 Å². The van der Waals surface area contributed by atoms with Gasteiger partial charge in [-0.2, -0.15) is 0 Å². The Balaban J connectivity index is 1.70. The molecule has 0 saturated heterocycles. The summed E-state index contributed by atoms with van der Waals surface area (Å²) < 4.78 is 2.01. The van der Waals surface area contributed by atoms with E-state index in [0.717, 1.165) is 39.2 Å². The van der Waals surface area contributed by atoms with E-state index in [2.05, 4.69) is 69.4 Å². The Labute approximate surface area is 190 Å². The second kappa shape index (κ2) is 8.27. The summed E-state index contributed by atoms with van der Waals surface area (Å²) in [5, 5.41) is 3.13. The number of carbonyl (C=O) groups is 1. The number of nitrogens with one attached hydrogen (secondary N) is 1. The Kier molecular flexibility index (Phi) is 5.64. The first-order valence-corrected chi connectivity index (χ1v) is 11.1. The second-order valence-electron chi connectivity index (χ2n) is 9.66. The molecule has 0 bridgehead atoms. The van der Waals surface area contributed by atoms with Crippen molar-refractivity contribution < 1.29 is 4.79 Å². The molecule has 1 heterocycles. The number of rotatable bonds is 4. The van der Waals surface area contributed by atoms with Gasteiger partial charge in [0.15, 0.2) is 0 Å². The largest absolute Gasteiger partial charge is 0.324 e. The molecule has 1 N–H and O–H groups in total. The molecule has 4 heteroatoms. The Morgan fingerprint density at radius 1 is 0.938 bits per heavy atom. The molecule has 4 rings (SSSR count). The molecule has 1 aromatic heterocycles. The minimum absolute atomic E-state index is 0.0595. The van der Waals surface area contributed by atoms with Gasteiger partial charge < -0.3 is 9.88 Å². The van der Waals surface area contributed by atoms with Gasteiger partial charge in [-0.05, 0) is 55.0 Å². The topological polar surface area (TPSA) is 46.9 Å². The van der Waals surface area contributed by atoms with Gasteiger partial charge in [0, 0.05) is 11.3 Å². The predicted molar refractivity (Wildman–Crippen MR) is 133 cm³/mol. The summed E-state index contributed by atoms with van der Waals surface area (Å²) in [6, 6.07) is 20.7. The number of benzene rings is 3. The molecule has 0 aliphatic heterocycles. The van der Waals surface area contributed by atoms with Crippen molar-refractivity contribution in [1.29, 1.82) is 0 Å². The molecule has 0 atom stereocenters. The lowest BCUT2D eigenvalue weighted by atomic mass is 9.87. The van der Waals surface area contributed by atoms with E-state index in [0.29, 0.717) is 0 Å². The van der Waals surface area contributed by atoms with E-state index in [1.165, 1.54) is 11.1 Å². The fourth-order valence-corrected chi connectivity index (χ4v) is 4.27. The van der Waals surface area contributed by atoms with Crippen LogP contribution in [0.2, 0.25) is 0 Å². The van der Waals surface area contributed by atoms with E-state index < -0.39 is 0 Å². The first kappa shape index (κ1) is 21.8. The number of imidazole rings is 1. The second-order valence-corrected chi connectivity index (χ2v) is 9.66. The Morgan fingerprint density at radius 3 is 2.19 bits per heavy atom. The zero-order chi connectivity index (χ0) is 23.0. The maximum Gasteiger partial charge on any atom is 0.244 e. The third-order valence-corrected chi connectivity index (χ3v) is 5.91. The molecule has 1 amide bonds. The molecule has 3 aromatic carbocycles. The van der Waals surface area contributed by atoms with Gasteiger partial charge in [0.05, 0.1) is 11.0 Å². The van der Waals surface area contributed by atoms with Crippen LogP contribution in [0.4, 0.5) is 5.69 Å². The highest BCUT2D eigenvalue weighted by Crippen LogP contribution is 2.29. The lowest BCUT2D eigenvalue weighted by Gasteiger charge is -2.19. The minimum Gasteiger partial charge on any atom is -0.324 e. The molecule has 0 radical (unpaired) electrons. The molecule has 0 spiro atoms. The number of para-hydroxylation sites is 2. The van der Waals surface area contributed by atoms with Gasteiger partial charge in [0.2, 0.25) is 5.91 Å². The molecular weight excluding hydrogens is 394 g/mol. The van der Waals surface area contributed by atoms with Gasteiger partial charge in [-0.25, -0.2) is 4.98 Å². The summed E-state index contributed by atoms with van der Waals surface area (Å²) in [7, 11) is 0. The molecule has 164 valence electrons. The van der Waals surface area contributed by atoms with Crippen molar-refractivity contribution >= 4 is 22.6 Å². The Hall–Kier alpha value is -3.40. The van der Waals surface area contributed by atoms with E-state index in [9.17, 15) is 4.79 Å². The summed E-state index contributed by atoms with van der Waals surface area (Å²) in [5.41, 5.74) is 8.43. The molecule has 0 unspecified atom stereocenters. The van der Waals surface area contributed by atoms with Gasteiger partial charge in [-0.1, -0.05) is 74.9 Å². The van der Waals surface area contributed by atoms with Crippen molar-refractivity contribution in [3.05, 3.63) is 82.9 Å². The smallest absolute Gasteiger partial charge is 0.244 e. The van der Waals surface area contributed by atoms with Crippen LogP contribution >= 0.6 is 0 Å². The molecule has 0 saturated carbocycles. The van der Waals surface area contributed by atoms with E-state index in [4.69, 9.17) is 4.98 Å². The van der Waals surface area contributed by atoms with Gasteiger partial charge >= 0.3 is 0 Å². The lowest BCUT2D eigenvalue weighted by molar-refractivity contribution is -0.116. The number of amides is 1. The number of fused-ring (bicyclic) bond motifs is 1. The fraction of sp³-hybridized carbons (Fsp3) is 0.286. The highest BCUT2D eigenvalue weighted by Gasteiger charge is 2.18. The van der Waals surface area contributed by atoms with Crippen LogP contribution < -0.4 is 5.32 Å². The molecule has 4 nitrogen and oxygen atoms in total. The van der Waals surface area contributed by atoms with E-state index in [1.807, 2.05) is 42.7 Å². The van der Waals surface area contributed by atoms with E-state index in [-0.39, 0.29) is 17.9 Å². The quantitative estimate of drug-likeness (QED) is 0.402. The van der Waals surface area contributed by atoms with Crippen molar-refractivity contribution in [2.45, 2.75) is 53.5 Å². The third-order valence-electron chi connectivity index (χ3n) is 5.91. The number of aryl methyl sites for hydroxylation is 3. The van der Waals surface area contributed by atoms with Crippen LogP contribution in [0.1, 0.15) is 43.0 Å². The average molecular weight is 426 g/mol. The number of nitrogens with zero attached hydrogens (tertiary/aromatic N) is 2. The normalized spacial score (nSPS) is 11.7. The zero-order valence-corrected chi connectivity index (χ0v) is 19.8. The highest BCUT2D eigenvalue weighted by molar-refractivity contribution is 5.94. The monoisotopic (exact) mass is 425 g/mol. The minimum atomic E-state index is -0.0595. The molecule has 0 aliphatic rings. The number of hydrogen-bond acceptors (Lipinski definition) is 2. The summed E-state index contributed by atoms with van der Waals surface area (Å²) >= 11 is 0. The zero-order valence-electron chi connectivity index (χ0n) is 19.8. The summed E-state index contributed by atoms with van der Waals surface area (Å²) in [6.07, 6.45) is 0. The lowest BCUT2D eigenvalue weighted by Crippen LogP contribution is -2.20. The molecule has 0 fully saturated rings.